The molecule has 0 saturated heterocycles. The van der Waals surface area contributed by atoms with E-state index >= 15 is 0 Å². The van der Waals surface area contributed by atoms with E-state index in [1.165, 1.54) is 10.6 Å². The first-order valence-corrected chi connectivity index (χ1v) is 7.43. The molecule has 104 valence electrons. The van der Waals surface area contributed by atoms with E-state index < -0.39 is 0 Å². The molecule has 2 aromatic heterocycles. The van der Waals surface area contributed by atoms with Crippen LogP contribution in [0.1, 0.15) is 38.3 Å². The van der Waals surface area contributed by atoms with Gasteiger partial charge in [-0.25, -0.2) is 4.98 Å². The Morgan fingerprint density at radius 3 is 2.63 bits per heavy atom. The third kappa shape index (κ3) is 3.64. The van der Waals surface area contributed by atoms with E-state index in [0.29, 0.717) is 0 Å². The van der Waals surface area contributed by atoms with Crippen LogP contribution >= 0.6 is 11.3 Å². The van der Waals surface area contributed by atoms with Gasteiger partial charge in [-0.1, -0.05) is 6.92 Å². The molecule has 2 rings (SSSR count). The number of nitrogens with zero attached hydrogens (tertiary/aromatic N) is 3. The molecule has 5 heteroatoms. The van der Waals surface area contributed by atoms with E-state index in [2.05, 4.69) is 38.1 Å². The van der Waals surface area contributed by atoms with Crippen molar-refractivity contribution in [3.8, 4) is 10.6 Å². The fraction of sp³-hybridized carbons (Fsp3) is 0.571. The molecule has 0 saturated carbocycles. The molecule has 0 unspecified atom stereocenters. The molecule has 0 aliphatic carbocycles. The van der Waals surface area contributed by atoms with Crippen molar-refractivity contribution in [2.24, 2.45) is 7.05 Å². The Bertz CT molecular complexity index is 548. The molecule has 0 aliphatic heterocycles. The number of hydrogen-bond acceptors (Lipinski definition) is 4. The van der Waals surface area contributed by atoms with E-state index in [4.69, 9.17) is 4.98 Å². The van der Waals surface area contributed by atoms with Gasteiger partial charge in [0.15, 0.2) is 0 Å². The monoisotopic (exact) mass is 278 g/mol. The van der Waals surface area contributed by atoms with Gasteiger partial charge in [0.25, 0.3) is 0 Å². The van der Waals surface area contributed by atoms with Crippen molar-refractivity contribution in [2.75, 3.05) is 0 Å². The van der Waals surface area contributed by atoms with Crippen LogP contribution < -0.4 is 5.32 Å². The second-order valence-electron chi connectivity index (χ2n) is 5.75. The standard InChI is InChI=1S/C14H22N4S/c1-6-11-12(8-15-14(2,3)4)19-13(17-11)10-7-16-18(5)9-10/h7,9,15H,6,8H2,1-5H3. The molecular formula is C14H22N4S. The van der Waals surface area contributed by atoms with Crippen LogP contribution in [0.5, 0.6) is 0 Å². The third-order valence-corrected chi connectivity index (χ3v) is 3.99. The summed E-state index contributed by atoms with van der Waals surface area (Å²) in [6, 6.07) is 0. The Hall–Kier alpha value is -1.20. The summed E-state index contributed by atoms with van der Waals surface area (Å²) in [6.07, 6.45) is 4.86. The lowest BCUT2D eigenvalue weighted by atomic mass is 10.1. The first-order chi connectivity index (χ1) is 8.89. The zero-order chi connectivity index (χ0) is 14.0. The molecule has 0 aromatic carbocycles. The first-order valence-electron chi connectivity index (χ1n) is 6.61. The minimum absolute atomic E-state index is 0.128. The molecule has 0 fully saturated rings. The van der Waals surface area contributed by atoms with E-state index in [0.717, 1.165) is 23.5 Å². The fourth-order valence-electron chi connectivity index (χ4n) is 1.80. The van der Waals surface area contributed by atoms with Gasteiger partial charge in [-0.3, -0.25) is 4.68 Å². The summed E-state index contributed by atoms with van der Waals surface area (Å²) in [4.78, 5) is 6.07. The first kappa shape index (κ1) is 14.2. The number of hydrogen-bond donors (Lipinski definition) is 1. The van der Waals surface area contributed by atoms with Crippen LogP contribution in [-0.4, -0.2) is 20.3 Å². The summed E-state index contributed by atoms with van der Waals surface area (Å²) in [5.74, 6) is 0. The summed E-state index contributed by atoms with van der Waals surface area (Å²) in [7, 11) is 1.93. The van der Waals surface area contributed by atoms with Gasteiger partial charge in [0.1, 0.15) is 5.01 Å². The van der Waals surface area contributed by atoms with Gasteiger partial charge in [0.2, 0.25) is 0 Å². The summed E-state index contributed by atoms with van der Waals surface area (Å²) in [5.41, 5.74) is 2.42. The zero-order valence-corrected chi connectivity index (χ0v) is 13.1. The maximum Gasteiger partial charge on any atom is 0.127 e. The molecule has 2 heterocycles. The predicted octanol–water partition coefficient (Wildman–Crippen LogP) is 2.99. The van der Waals surface area contributed by atoms with Crippen LogP contribution in [0.3, 0.4) is 0 Å². The van der Waals surface area contributed by atoms with Gasteiger partial charge in [0.05, 0.1) is 11.9 Å². The molecular weight excluding hydrogens is 256 g/mol. The Labute approximate surface area is 118 Å². The van der Waals surface area contributed by atoms with Gasteiger partial charge in [-0.05, 0) is 27.2 Å². The van der Waals surface area contributed by atoms with Crippen molar-refractivity contribution >= 4 is 11.3 Å². The maximum absolute atomic E-state index is 4.74. The molecule has 19 heavy (non-hydrogen) atoms. The van der Waals surface area contributed by atoms with Crippen molar-refractivity contribution < 1.29 is 0 Å². The number of aryl methyl sites for hydroxylation is 2. The Morgan fingerprint density at radius 2 is 2.11 bits per heavy atom. The SMILES string of the molecule is CCc1nc(-c2cnn(C)c2)sc1CNC(C)(C)C. The molecule has 0 amide bonds. The minimum atomic E-state index is 0.128. The molecule has 0 bridgehead atoms. The number of rotatable bonds is 4. The van der Waals surface area contributed by atoms with Crippen LogP contribution in [0.15, 0.2) is 12.4 Å². The van der Waals surface area contributed by atoms with Crippen LogP contribution in [0.25, 0.3) is 10.6 Å². The fourth-order valence-corrected chi connectivity index (χ4v) is 2.86. The van der Waals surface area contributed by atoms with Gasteiger partial charge in [-0.15, -0.1) is 11.3 Å². The van der Waals surface area contributed by atoms with Crippen molar-refractivity contribution in [3.05, 3.63) is 23.0 Å². The minimum Gasteiger partial charge on any atom is -0.307 e. The summed E-state index contributed by atoms with van der Waals surface area (Å²) in [5, 5.41) is 8.81. The molecule has 0 aliphatic rings. The smallest absolute Gasteiger partial charge is 0.127 e. The van der Waals surface area contributed by atoms with Crippen LogP contribution in [0.2, 0.25) is 0 Å². The van der Waals surface area contributed by atoms with Crippen LogP contribution in [0.4, 0.5) is 0 Å². The highest BCUT2D eigenvalue weighted by Gasteiger charge is 2.15. The molecule has 0 spiro atoms. The highest BCUT2D eigenvalue weighted by atomic mass is 32.1. The van der Waals surface area contributed by atoms with Crippen molar-refractivity contribution in [2.45, 2.75) is 46.2 Å². The summed E-state index contributed by atoms with van der Waals surface area (Å²) >= 11 is 1.76. The molecule has 1 N–H and O–H groups in total. The largest absolute Gasteiger partial charge is 0.307 e. The highest BCUT2D eigenvalue weighted by molar-refractivity contribution is 7.15. The second kappa shape index (κ2) is 5.43. The van der Waals surface area contributed by atoms with Gasteiger partial charge < -0.3 is 5.32 Å². The average Bonchev–Trinajstić information content (AvgIpc) is 2.91. The lowest BCUT2D eigenvalue weighted by Gasteiger charge is -2.20. The van der Waals surface area contributed by atoms with E-state index in [9.17, 15) is 0 Å². The van der Waals surface area contributed by atoms with Crippen LogP contribution in [0, 0.1) is 0 Å². The lowest BCUT2D eigenvalue weighted by Crippen LogP contribution is -2.35. The van der Waals surface area contributed by atoms with Crippen molar-refractivity contribution in [1.29, 1.82) is 0 Å². The van der Waals surface area contributed by atoms with Crippen molar-refractivity contribution in [1.82, 2.24) is 20.1 Å². The normalized spacial score (nSPS) is 12.1. The number of nitrogens with one attached hydrogen (secondary N) is 1. The van der Waals surface area contributed by atoms with E-state index in [1.54, 1.807) is 11.3 Å². The lowest BCUT2D eigenvalue weighted by molar-refractivity contribution is 0.425. The van der Waals surface area contributed by atoms with Gasteiger partial charge in [-0.2, -0.15) is 5.10 Å². The highest BCUT2D eigenvalue weighted by Crippen LogP contribution is 2.28. The molecule has 0 radical (unpaired) electrons. The summed E-state index contributed by atoms with van der Waals surface area (Å²) in [6.45, 7) is 9.58. The van der Waals surface area contributed by atoms with Crippen molar-refractivity contribution in [3.63, 3.8) is 0 Å². The number of aromatic nitrogens is 3. The summed E-state index contributed by atoms with van der Waals surface area (Å²) < 4.78 is 1.81. The average molecular weight is 278 g/mol. The Morgan fingerprint density at radius 1 is 1.37 bits per heavy atom. The molecule has 4 nitrogen and oxygen atoms in total. The predicted molar refractivity (Wildman–Crippen MR) is 80.3 cm³/mol. The maximum atomic E-state index is 4.74. The quantitative estimate of drug-likeness (QED) is 0.935. The molecule has 0 atom stereocenters. The van der Waals surface area contributed by atoms with Gasteiger partial charge >= 0.3 is 0 Å². The van der Waals surface area contributed by atoms with Gasteiger partial charge in [0, 0.05) is 35.8 Å². The second-order valence-corrected chi connectivity index (χ2v) is 6.83. The Kier molecular flexibility index (Phi) is 4.06. The van der Waals surface area contributed by atoms with Crippen LogP contribution in [-0.2, 0) is 20.0 Å². The zero-order valence-electron chi connectivity index (χ0n) is 12.3. The Balaban J connectivity index is 2.22. The topological polar surface area (TPSA) is 42.7 Å². The molecule has 2 aromatic rings. The third-order valence-electron chi connectivity index (χ3n) is 2.84. The number of thiazole rings is 1. The van der Waals surface area contributed by atoms with E-state index in [-0.39, 0.29) is 5.54 Å². The van der Waals surface area contributed by atoms with E-state index in [1.807, 2.05) is 24.1 Å².